The molecule has 1 aliphatic carbocycles. The second-order valence-corrected chi connectivity index (χ2v) is 22.9. The number of nitro groups is 1. The number of anilines is 4. The van der Waals surface area contributed by atoms with Crippen LogP contribution in [0, 0.1) is 21.4 Å². The second-order valence-electron chi connectivity index (χ2n) is 18.8. The molecule has 0 spiro atoms. The van der Waals surface area contributed by atoms with Gasteiger partial charge in [0.25, 0.3) is 21.6 Å². The molecule has 16 nitrogen and oxygen atoms in total. The number of nitro benzene ring substituents is 1. The zero-order chi connectivity index (χ0) is 47.1. The maximum absolute atomic E-state index is 14.4. The number of amides is 1. The topological polar surface area (TPSA) is 200 Å². The first-order valence-corrected chi connectivity index (χ1v) is 26.3. The Morgan fingerprint density at radius 3 is 2.49 bits per heavy atom. The van der Waals surface area contributed by atoms with Crippen molar-refractivity contribution in [3.05, 3.63) is 111 Å². The number of pyridine rings is 1. The number of benzene rings is 3. The largest absolute Gasteiger partial charge is 0.381 e. The number of H-pyrrole nitrogens is 1. The van der Waals surface area contributed by atoms with Gasteiger partial charge >= 0.3 is 0 Å². The minimum Gasteiger partial charge on any atom is -0.381 e. The fourth-order valence-corrected chi connectivity index (χ4v) is 12.2. The van der Waals surface area contributed by atoms with Gasteiger partial charge in [-0.05, 0) is 116 Å². The molecule has 5 heterocycles. The summed E-state index contributed by atoms with van der Waals surface area (Å²) in [4.78, 5) is 39.5. The number of sulfonamides is 1. The first-order chi connectivity index (χ1) is 32.0. The summed E-state index contributed by atoms with van der Waals surface area (Å²) in [6.45, 7) is 10.2. The van der Waals surface area contributed by atoms with E-state index in [4.69, 9.17) is 16.3 Å². The number of carbonyl (C=O) groups is 1. The van der Waals surface area contributed by atoms with Crippen LogP contribution in [0.25, 0.3) is 16.6 Å². The summed E-state index contributed by atoms with van der Waals surface area (Å²) >= 11 is 6.26. The Morgan fingerprint density at radius 2 is 1.75 bits per heavy atom. The number of rotatable bonds is 12. The summed E-state index contributed by atoms with van der Waals surface area (Å²) in [6, 6.07) is 20.3. The lowest BCUT2D eigenvalue weighted by molar-refractivity contribution is -0.384. The third-order valence-electron chi connectivity index (χ3n) is 13.5. The third-order valence-corrected chi connectivity index (χ3v) is 16.8. The standard InChI is InChI=1S/C48H55ClN8O8S2/c1-48(2)16-12-35(40(29-48)33-4-6-36(49)7-5-33)31-54-19-21-55(22-20-54)37-8-10-39(42(27-37)56-18-3-25-66(61,62)47-44(56)26-34-13-17-50-45(34)52-47)46(58)53-67(63,64)38-9-11-41(43(28-38)57(59)60)51-30-32-14-23-65-24-15-32/h4-11,13,17,26-28,32,51H,3,12,14-16,18-25,29-31H2,1-2H3,(H,50,52)(H,53,58). The van der Waals surface area contributed by atoms with Crippen LogP contribution >= 0.6 is 11.6 Å². The first kappa shape index (κ1) is 46.6. The van der Waals surface area contributed by atoms with Crippen molar-refractivity contribution in [1.82, 2.24) is 19.6 Å². The van der Waals surface area contributed by atoms with Crippen molar-refractivity contribution in [3.63, 3.8) is 0 Å². The molecule has 3 N–H and O–H groups in total. The number of piperazine rings is 1. The molecule has 2 fully saturated rings. The highest BCUT2D eigenvalue weighted by atomic mass is 35.5. The van der Waals surface area contributed by atoms with E-state index in [2.05, 4.69) is 55.8 Å². The average molecular weight is 972 g/mol. The van der Waals surface area contributed by atoms with Crippen molar-refractivity contribution in [2.75, 3.05) is 79.9 Å². The summed E-state index contributed by atoms with van der Waals surface area (Å²) in [5.41, 5.74) is 5.65. The van der Waals surface area contributed by atoms with Gasteiger partial charge in [0, 0.05) is 87.4 Å². The van der Waals surface area contributed by atoms with Gasteiger partial charge in [0.15, 0.2) is 14.9 Å². The predicted molar refractivity (Wildman–Crippen MR) is 261 cm³/mol. The molecular weight excluding hydrogens is 916 g/mol. The van der Waals surface area contributed by atoms with Crippen LogP contribution in [0.2, 0.25) is 5.02 Å². The van der Waals surface area contributed by atoms with Crippen LogP contribution in [-0.4, -0.2) is 107 Å². The molecule has 0 atom stereocenters. The number of carbonyl (C=O) groups excluding carboxylic acids is 1. The highest BCUT2D eigenvalue weighted by molar-refractivity contribution is 7.91. The van der Waals surface area contributed by atoms with Crippen molar-refractivity contribution in [3.8, 4) is 0 Å². The number of sulfone groups is 1. The van der Waals surface area contributed by atoms with Crippen LogP contribution in [0.5, 0.6) is 0 Å². The molecule has 9 rings (SSSR count). The Kier molecular flexibility index (Phi) is 13.1. The highest BCUT2D eigenvalue weighted by Crippen LogP contribution is 2.44. The second kappa shape index (κ2) is 18.9. The average Bonchev–Trinajstić information content (AvgIpc) is 3.73. The molecule has 354 valence electrons. The highest BCUT2D eigenvalue weighted by Gasteiger charge is 2.34. The molecule has 2 saturated heterocycles. The molecule has 2 aromatic heterocycles. The lowest BCUT2D eigenvalue weighted by atomic mass is 9.72. The zero-order valence-corrected chi connectivity index (χ0v) is 40.0. The molecule has 0 saturated carbocycles. The van der Waals surface area contributed by atoms with Gasteiger partial charge in [0.2, 0.25) is 0 Å². The monoisotopic (exact) mass is 970 g/mol. The van der Waals surface area contributed by atoms with Gasteiger partial charge < -0.3 is 24.8 Å². The van der Waals surface area contributed by atoms with Crippen LogP contribution in [0.4, 0.5) is 28.4 Å². The Bertz CT molecular complexity index is 2960. The number of nitrogens with zero attached hydrogens (tertiary/aromatic N) is 5. The van der Waals surface area contributed by atoms with Gasteiger partial charge in [0.05, 0.1) is 32.5 Å². The van der Waals surface area contributed by atoms with Gasteiger partial charge in [-0.25, -0.2) is 26.5 Å². The molecule has 5 aromatic rings. The fourth-order valence-electron chi connectivity index (χ4n) is 9.71. The predicted octanol–water partition coefficient (Wildman–Crippen LogP) is 8.18. The van der Waals surface area contributed by atoms with E-state index < -0.39 is 41.3 Å². The van der Waals surface area contributed by atoms with E-state index in [9.17, 15) is 31.7 Å². The number of hydrogen-bond donors (Lipinski definition) is 3. The number of halogens is 1. The number of aromatic amines is 1. The lowest BCUT2D eigenvalue weighted by Gasteiger charge is -2.39. The number of aromatic nitrogens is 2. The number of hydrogen-bond acceptors (Lipinski definition) is 13. The molecule has 0 radical (unpaired) electrons. The maximum Gasteiger partial charge on any atom is 0.293 e. The minimum atomic E-state index is -4.65. The smallest absolute Gasteiger partial charge is 0.293 e. The lowest BCUT2D eigenvalue weighted by Crippen LogP contribution is -2.47. The van der Waals surface area contributed by atoms with Crippen LogP contribution in [-0.2, 0) is 24.6 Å². The first-order valence-electron chi connectivity index (χ1n) is 22.8. The number of fused-ring (bicyclic) bond motifs is 2. The maximum atomic E-state index is 14.4. The zero-order valence-electron chi connectivity index (χ0n) is 37.6. The summed E-state index contributed by atoms with van der Waals surface area (Å²) in [7, 11) is -8.51. The van der Waals surface area contributed by atoms with Gasteiger partial charge in [0.1, 0.15) is 11.3 Å². The van der Waals surface area contributed by atoms with Crippen molar-refractivity contribution in [2.24, 2.45) is 11.3 Å². The van der Waals surface area contributed by atoms with Gasteiger partial charge in [-0.2, -0.15) is 0 Å². The molecular formula is C48H55ClN8O8S2. The van der Waals surface area contributed by atoms with Crippen molar-refractivity contribution in [2.45, 2.75) is 62.3 Å². The third kappa shape index (κ3) is 10.2. The van der Waals surface area contributed by atoms with Gasteiger partial charge in [-0.3, -0.25) is 19.8 Å². The number of allylic oxidation sites excluding steroid dienone is 1. The number of ether oxygens (including phenoxy) is 1. The normalized spacial score (nSPS) is 19.2. The molecule has 0 unspecified atom stereocenters. The molecule has 3 aromatic carbocycles. The minimum absolute atomic E-state index is 0.0310. The van der Waals surface area contributed by atoms with E-state index in [0.717, 1.165) is 63.5 Å². The van der Waals surface area contributed by atoms with Crippen molar-refractivity contribution < 1.29 is 31.3 Å². The van der Waals surface area contributed by atoms with Crippen LogP contribution in [0.1, 0.15) is 68.3 Å². The van der Waals surface area contributed by atoms with Crippen LogP contribution in [0.3, 0.4) is 0 Å². The SMILES string of the molecule is CC1(C)CCC(CN2CCN(c3ccc(C(=O)NS(=O)(=O)c4ccc(NCC5CCOCC5)c([N+](=O)[O-])c4)c(N4CCCS(=O)(=O)c5nc6[nH]ccc6cc54)c3)CC2)=C(c2ccc(Cl)cc2)C1. The van der Waals surface area contributed by atoms with Crippen LogP contribution in [0.15, 0.2) is 94.5 Å². The summed E-state index contributed by atoms with van der Waals surface area (Å²) in [5, 5.41) is 16.5. The van der Waals surface area contributed by atoms with E-state index in [1.54, 1.807) is 35.4 Å². The Hall–Kier alpha value is -5.53. The molecule has 0 bridgehead atoms. The Balaban J connectivity index is 1.01. The molecule has 1 amide bonds. The summed E-state index contributed by atoms with van der Waals surface area (Å²) in [6.07, 6.45) is 6.59. The Morgan fingerprint density at radius 1 is 0.985 bits per heavy atom. The Labute approximate surface area is 395 Å². The van der Waals surface area contributed by atoms with Gasteiger partial charge in [-0.15, -0.1) is 0 Å². The van der Waals surface area contributed by atoms with E-state index >= 15 is 0 Å². The van der Waals surface area contributed by atoms with E-state index in [1.807, 2.05) is 18.2 Å². The summed E-state index contributed by atoms with van der Waals surface area (Å²) in [5.74, 6) is -0.922. The van der Waals surface area contributed by atoms with E-state index in [0.29, 0.717) is 54.6 Å². The van der Waals surface area contributed by atoms with Crippen LogP contribution < -0.4 is 19.8 Å². The van der Waals surface area contributed by atoms with Crippen molar-refractivity contribution in [1.29, 1.82) is 0 Å². The quantitative estimate of drug-likeness (QED) is 0.0800. The van der Waals surface area contributed by atoms with Crippen molar-refractivity contribution >= 4 is 82.4 Å². The van der Waals surface area contributed by atoms with Gasteiger partial charge in [-0.1, -0.05) is 43.2 Å². The summed E-state index contributed by atoms with van der Waals surface area (Å²) < 4.78 is 62.9. The molecule has 3 aliphatic heterocycles. The van der Waals surface area contributed by atoms with E-state index in [-0.39, 0.29) is 52.0 Å². The van der Waals surface area contributed by atoms with E-state index in [1.165, 1.54) is 28.8 Å². The molecule has 67 heavy (non-hydrogen) atoms. The molecule has 19 heteroatoms. The number of nitrogens with one attached hydrogen (secondary N) is 3. The fraction of sp³-hybridized carbons (Fsp3) is 0.417. The molecule has 4 aliphatic rings.